The molecule has 0 amide bonds. The van der Waals surface area contributed by atoms with E-state index in [1.54, 1.807) is 0 Å². The van der Waals surface area contributed by atoms with Gasteiger partial charge in [-0.2, -0.15) is 0 Å². The van der Waals surface area contributed by atoms with Crippen molar-refractivity contribution in [3.05, 3.63) is 109 Å². The first kappa shape index (κ1) is 68.1. The summed E-state index contributed by atoms with van der Waals surface area (Å²) in [5.74, 6) is -1.60. The second-order valence-electron chi connectivity index (χ2n) is 18.0. The first-order chi connectivity index (χ1) is 35.2. The van der Waals surface area contributed by atoms with Gasteiger partial charge in [-0.1, -0.05) is 194 Å². The fourth-order valence-corrected chi connectivity index (χ4v) is 7.79. The molecule has 0 saturated heterocycles. The number of aliphatic hydroxyl groups is 1. The molecule has 12 heteroatoms. The Hall–Kier alpha value is -3.86. The third-order valence-corrected chi connectivity index (χ3v) is 12.1. The predicted octanol–water partition coefficient (Wildman–Crippen LogP) is 16.2. The monoisotopic (exact) mass is 1030 g/mol. The number of phosphoric acid groups is 1. The van der Waals surface area contributed by atoms with Crippen LogP contribution in [0.3, 0.4) is 0 Å². The number of allylic oxidation sites excluding steroid dienone is 18. The van der Waals surface area contributed by atoms with Gasteiger partial charge in [0.05, 0.1) is 19.8 Å². The molecule has 3 unspecified atom stereocenters. The Bertz CT molecular complexity index is 1620. The average Bonchev–Trinajstić information content (AvgIpc) is 3.37. The van der Waals surface area contributed by atoms with Gasteiger partial charge < -0.3 is 24.2 Å². The van der Waals surface area contributed by atoms with Crippen LogP contribution in [0.25, 0.3) is 0 Å². The van der Waals surface area contributed by atoms with Gasteiger partial charge in [-0.05, 0) is 109 Å². The van der Waals surface area contributed by atoms with Crippen LogP contribution >= 0.6 is 7.82 Å². The van der Waals surface area contributed by atoms with Crippen LogP contribution in [0.15, 0.2) is 109 Å². The number of hydrogen-bond acceptors (Lipinski definition) is 10. The van der Waals surface area contributed by atoms with Gasteiger partial charge in [0.1, 0.15) is 12.7 Å². The van der Waals surface area contributed by atoms with Gasteiger partial charge in [0.2, 0.25) is 0 Å². The van der Waals surface area contributed by atoms with Crippen molar-refractivity contribution in [2.24, 2.45) is 0 Å². The van der Waals surface area contributed by atoms with Crippen LogP contribution in [0.2, 0.25) is 0 Å². The lowest BCUT2D eigenvalue weighted by Crippen LogP contribution is -2.30. The van der Waals surface area contributed by atoms with E-state index in [9.17, 15) is 28.9 Å². The van der Waals surface area contributed by atoms with E-state index in [2.05, 4.69) is 112 Å². The number of phosphoric ester groups is 1. The molecule has 0 heterocycles. The van der Waals surface area contributed by atoms with E-state index >= 15 is 0 Å². The van der Waals surface area contributed by atoms with Gasteiger partial charge in [-0.3, -0.25) is 23.4 Å². The Morgan fingerprint density at radius 3 is 1.21 bits per heavy atom. The summed E-state index contributed by atoms with van der Waals surface area (Å²) in [4.78, 5) is 48.4. The van der Waals surface area contributed by atoms with Crippen LogP contribution in [0.4, 0.5) is 0 Å². The molecule has 2 N–H and O–H groups in total. The summed E-state index contributed by atoms with van der Waals surface area (Å²) in [6.45, 7) is 4.27. The van der Waals surface area contributed by atoms with Crippen molar-refractivity contribution in [3.63, 3.8) is 0 Å². The van der Waals surface area contributed by atoms with E-state index in [4.69, 9.17) is 23.3 Å². The minimum Gasteiger partial charge on any atom is -0.462 e. The van der Waals surface area contributed by atoms with E-state index in [1.807, 2.05) is 18.2 Å². The van der Waals surface area contributed by atoms with Crippen molar-refractivity contribution in [2.75, 3.05) is 26.4 Å². The fourth-order valence-electron chi connectivity index (χ4n) is 7.00. The summed E-state index contributed by atoms with van der Waals surface area (Å²) in [6.07, 6.45) is 63.5. The number of carbonyl (C=O) groups excluding carboxylic acids is 3. The Labute approximate surface area is 437 Å². The van der Waals surface area contributed by atoms with Crippen LogP contribution in [0, 0.1) is 0 Å². The summed E-state index contributed by atoms with van der Waals surface area (Å²) in [7, 11) is -4.78. The zero-order valence-corrected chi connectivity index (χ0v) is 46.0. The maximum atomic E-state index is 12.9. The maximum absolute atomic E-state index is 12.9. The number of aliphatic hydroxyl groups excluding tert-OH is 1. The van der Waals surface area contributed by atoms with Crippen molar-refractivity contribution in [2.45, 2.75) is 226 Å². The van der Waals surface area contributed by atoms with Crippen molar-refractivity contribution in [1.29, 1.82) is 0 Å². The van der Waals surface area contributed by atoms with Crippen LogP contribution in [-0.4, -0.2) is 66.5 Å². The number of hydrogen-bond donors (Lipinski definition) is 2. The molecule has 0 spiro atoms. The zero-order valence-electron chi connectivity index (χ0n) is 45.1. The van der Waals surface area contributed by atoms with Gasteiger partial charge >= 0.3 is 25.7 Å². The summed E-state index contributed by atoms with van der Waals surface area (Å²) in [6, 6.07) is 0. The molecular formula is C60H99O11P. The largest absolute Gasteiger partial charge is 0.472 e. The SMILES string of the molecule is CC/C=C\C/C=C\C/C=C\C/C=C\CCCCCCC(=O)OC(COC(=O)CCCCCCC/C=C\CCCCCCCC)COP(=O)(O)OCC(CO)OC(=O)CC/C=C\C/C=C\C/C=C\C/C=C\CC. The second kappa shape index (κ2) is 53.4. The Morgan fingerprint density at radius 1 is 0.403 bits per heavy atom. The highest BCUT2D eigenvalue weighted by atomic mass is 31.2. The molecule has 0 aromatic rings. The lowest BCUT2D eigenvalue weighted by molar-refractivity contribution is -0.161. The molecule has 0 aliphatic heterocycles. The molecule has 0 rings (SSSR count). The van der Waals surface area contributed by atoms with Gasteiger partial charge in [0.25, 0.3) is 0 Å². The molecule has 0 radical (unpaired) electrons. The van der Waals surface area contributed by atoms with Gasteiger partial charge in [0.15, 0.2) is 6.10 Å². The maximum Gasteiger partial charge on any atom is 0.472 e. The number of ether oxygens (including phenoxy) is 3. The predicted molar refractivity (Wildman–Crippen MR) is 297 cm³/mol. The Kier molecular flexibility index (Phi) is 50.6. The molecule has 0 aromatic heterocycles. The van der Waals surface area contributed by atoms with Crippen LogP contribution in [0.5, 0.6) is 0 Å². The van der Waals surface area contributed by atoms with E-state index in [1.165, 1.54) is 38.5 Å². The lowest BCUT2D eigenvalue weighted by atomic mass is 10.1. The smallest absolute Gasteiger partial charge is 0.462 e. The molecule has 3 atom stereocenters. The molecule has 0 aliphatic carbocycles. The minimum absolute atomic E-state index is 0.0487. The number of esters is 3. The fraction of sp³-hybridized carbons (Fsp3) is 0.650. The average molecular weight is 1030 g/mol. The van der Waals surface area contributed by atoms with Crippen LogP contribution in [-0.2, 0) is 42.2 Å². The highest BCUT2D eigenvalue weighted by molar-refractivity contribution is 7.47. The molecule has 11 nitrogen and oxygen atoms in total. The molecule has 0 bridgehead atoms. The van der Waals surface area contributed by atoms with Crippen molar-refractivity contribution >= 4 is 25.7 Å². The Morgan fingerprint density at radius 2 is 0.750 bits per heavy atom. The van der Waals surface area contributed by atoms with Gasteiger partial charge in [-0.15, -0.1) is 0 Å². The quantitative estimate of drug-likeness (QED) is 0.0197. The number of unbranched alkanes of at least 4 members (excludes halogenated alkanes) is 15. The molecule has 72 heavy (non-hydrogen) atoms. The Balaban J connectivity index is 4.87. The summed E-state index contributed by atoms with van der Waals surface area (Å²) in [5, 5.41) is 9.78. The molecule has 0 aliphatic rings. The van der Waals surface area contributed by atoms with Crippen molar-refractivity contribution in [1.82, 2.24) is 0 Å². The topological polar surface area (TPSA) is 155 Å². The first-order valence-electron chi connectivity index (χ1n) is 27.8. The molecule has 0 aromatic carbocycles. The molecular weight excluding hydrogens is 928 g/mol. The summed E-state index contributed by atoms with van der Waals surface area (Å²) >= 11 is 0. The molecule has 0 saturated carbocycles. The van der Waals surface area contributed by atoms with E-state index in [-0.39, 0.29) is 25.9 Å². The molecule has 0 fully saturated rings. The third kappa shape index (κ3) is 51.1. The second-order valence-corrected chi connectivity index (χ2v) is 19.4. The van der Waals surface area contributed by atoms with Gasteiger partial charge in [0, 0.05) is 19.3 Å². The summed E-state index contributed by atoms with van der Waals surface area (Å²) in [5.41, 5.74) is 0. The third-order valence-electron chi connectivity index (χ3n) is 11.2. The van der Waals surface area contributed by atoms with E-state index < -0.39 is 57.8 Å². The first-order valence-corrected chi connectivity index (χ1v) is 29.3. The minimum atomic E-state index is -4.78. The van der Waals surface area contributed by atoms with Crippen LogP contribution < -0.4 is 0 Å². The molecule has 410 valence electrons. The number of carbonyl (C=O) groups is 3. The summed E-state index contributed by atoms with van der Waals surface area (Å²) < 4.78 is 39.3. The standard InChI is InChI=1S/C60H99O11P/c1-4-7-10-13-16-19-22-25-27-28-30-33-36-39-42-45-48-51-60(64)71-57(53-67-58(62)49-46-43-40-37-34-32-29-26-23-20-17-14-11-8-5-2)55-69-72(65,66)68-54-56(52-61)70-59(63)50-47-44-41-38-35-31-24-21-18-15-12-9-6-3/h7,9-10,12,16,18-19,21,25-27,29-31,33,35,41,44,56-57,61H,4-6,8,11,13-15,17,20,22-24,28,32,34,36-40,42-43,45-55H2,1-3H3,(H,65,66)/b10-7-,12-9-,19-16-,21-18-,27-25-,29-26-,33-30-,35-31-,44-41-. The normalized spacial score (nSPS) is 14.2. The zero-order chi connectivity index (χ0) is 52.7. The van der Waals surface area contributed by atoms with Crippen LogP contribution in [0.1, 0.15) is 213 Å². The van der Waals surface area contributed by atoms with Crippen molar-refractivity contribution < 1.29 is 52.2 Å². The van der Waals surface area contributed by atoms with E-state index in [0.717, 1.165) is 116 Å². The van der Waals surface area contributed by atoms with Crippen molar-refractivity contribution in [3.8, 4) is 0 Å². The lowest BCUT2D eigenvalue weighted by Gasteiger charge is -2.21. The van der Waals surface area contributed by atoms with Gasteiger partial charge in [-0.25, -0.2) is 4.57 Å². The highest BCUT2D eigenvalue weighted by Crippen LogP contribution is 2.43. The number of rotatable bonds is 50. The highest BCUT2D eigenvalue weighted by Gasteiger charge is 2.28. The van der Waals surface area contributed by atoms with E-state index in [0.29, 0.717) is 19.3 Å².